The predicted octanol–water partition coefficient (Wildman–Crippen LogP) is 5.58. The number of hydrogen-bond donors (Lipinski definition) is 1. The molecule has 2 aromatic carbocycles. The fourth-order valence-electron chi connectivity index (χ4n) is 3.39. The summed E-state index contributed by atoms with van der Waals surface area (Å²) in [5.41, 5.74) is 3.00. The number of aromatic nitrogens is 2. The van der Waals surface area contributed by atoms with E-state index in [-0.39, 0.29) is 11.4 Å². The van der Waals surface area contributed by atoms with E-state index in [0.717, 1.165) is 17.0 Å². The number of nitrogens with zero attached hydrogens (tertiary/aromatic N) is 6. The molecule has 4 rings (SSSR count). The summed E-state index contributed by atoms with van der Waals surface area (Å²) in [5.74, 6) is 0.149. The summed E-state index contributed by atoms with van der Waals surface area (Å²) in [6, 6.07) is 24.1. The molecule has 0 bridgehead atoms. The number of phenols is 1. The number of benzene rings is 2. The SMILES string of the molecule is O=[N+]([O-])c1ccc(N=NC(c2ccc(O)cc2)N(Cc2ccccn2)Cc2ccccn2)cc1. The normalized spacial score (nSPS) is 12.1. The molecule has 1 unspecified atom stereocenters. The van der Waals surface area contributed by atoms with Crippen molar-refractivity contribution in [1.82, 2.24) is 14.9 Å². The van der Waals surface area contributed by atoms with Crippen LogP contribution >= 0.6 is 0 Å². The zero-order chi connectivity index (χ0) is 23.8. The molecule has 2 aromatic heterocycles. The molecule has 9 heteroatoms. The molecule has 0 amide bonds. The van der Waals surface area contributed by atoms with Crippen molar-refractivity contribution in [3.8, 4) is 5.75 Å². The fraction of sp³-hybridized carbons (Fsp3) is 0.120. The second kappa shape index (κ2) is 10.9. The Bertz CT molecular complexity index is 1190. The zero-order valence-corrected chi connectivity index (χ0v) is 18.2. The van der Waals surface area contributed by atoms with Gasteiger partial charge in [-0.25, -0.2) is 0 Å². The van der Waals surface area contributed by atoms with Crippen LogP contribution in [0.4, 0.5) is 11.4 Å². The number of azo groups is 1. The summed E-state index contributed by atoms with van der Waals surface area (Å²) in [7, 11) is 0. The smallest absolute Gasteiger partial charge is 0.269 e. The number of phenolic OH excluding ortho intramolecular Hbond substituents is 1. The number of aromatic hydroxyl groups is 1. The first-order valence-electron chi connectivity index (χ1n) is 10.6. The molecule has 0 saturated carbocycles. The van der Waals surface area contributed by atoms with Crippen molar-refractivity contribution in [3.05, 3.63) is 124 Å². The Balaban J connectivity index is 1.70. The fourth-order valence-corrected chi connectivity index (χ4v) is 3.39. The first kappa shape index (κ1) is 22.7. The van der Waals surface area contributed by atoms with Crippen LogP contribution in [0, 0.1) is 10.1 Å². The lowest BCUT2D eigenvalue weighted by Gasteiger charge is -2.28. The summed E-state index contributed by atoms with van der Waals surface area (Å²) in [5, 5.41) is 29.7. The van der Waals surface area contributed by atoms with Gasteiger partial charge < -0.3 is 5.11 Å². The number of non-ortho nitro benzene ring substituents is 1. The van der Waals surface area contributed by atoms with Gasteiger partial charge in [0.25, 0.3) is 5.69 Å². The van der Waals surface area contributed by atoms with Gasteiger partial charge in [-0.05, 0) is 54.1 Å². The summed E-state index contributed by atoms with van der Waals surface area (Å²) >= 11 is 0. The Kier molecular flexibility index (Phi) is 7.26. The van der Waals surface area contributed by atoms with Crippen LogP contribution in [0.3, 0.4) is 0 Å². The molecule has 0 radical (unpaired) electrons. The Labute approximate surface area is 196 Å². The van der Waals surface area contributed by atoms with Crippen LogP contribution in [0.2, 0.25) is 0 Å². The van der Waals surface area contributed by atoms with Gasteiger partial charge in [0, 0.05) is 37.6 Å². The standard InChI is InChI=1S/C25H22N6O3/c32-24-13-7-19(8-14-24)25(29-28-20-9-11-23(12-10-20)31(33)34)30(17-21-5-1-3-15-26-21)18-22-6-2-4-16-27-22/h1-16,25,32H,17-18H2. The molecule has 9 nitrogen and oxygen atoms in total. The molecule has 1 atom stereocenters. The van der Waals surface area contributed by atoms with Gasteiger partial charge in [-0.3, -0.25) is 25.0 Å². The van der Waals surface area contributed by atoms with Gasteiger partial charge in [-0.2, -0.15) is 10.2 Å². The van der Waals surface area contributed by atoms with Crippen LogP contribution in [-0.2, 0) is 13.1 Å². The predicted molar refractivity (Wildman–Crippen MR) is 126 cm³/mol. The van der Waals surface area contributed by atoms with Crippen LogP contribution in [0.25, 0.3) is 0 Å². The molecule has 0 aliphatic heterocycles. The molecular weight excluding hydrogens is 432 g/mol. The molecule has 0 fully saturated rings. The Morgan fingerprint density at radius 2 is 1.44 bits per heavy atom. The minimum atomic E-state index is -0.528. The van der Waals surface area contributed by atoms with E-state index in [1.807, 2.05) is 36.4 Å². The van der Waals surface area contributed by atoms with E-state index in [0.29, 0.717) is 18.8 Å². The van der Waals surface area contributed by atoms with Gasteiger partial charge in [-0.15, -0.1) is 0 Å². The minimum Gasteiger partial charge on any atom is -0.508 e. The third-order valence-electron chi connectivity index (χ3n) is 5.06. The first-order valence-corrected chi connectivity index (χ1v) is 10.6. The highest BCUT2D eigenvalue weighted by molar-refractivity contribution is 5.43. The topological polar surface area (TPSA) is 117 Å². The quantitative estimate of drug-likeness (QED) is 0.201. The van der Waals surface area contributed by atoms with Crippen LogP contribution in [0.1, 0.15) is 23.1 Å². The van der Waals surface area contributed by atoms with Crippen molar-refractivity contribution >= 4 is 11.4 Å². The third-order valence-corrected chi connectivity index (χ3v) is 5.06. The number of pyridine rings is 2. The third kappa shape index (κ3) is 6.05. The lowest BCUT2D eigenvalue weighted by Crippen LogP contribution is -2.27. The van der Waals surface area contributed by atoms with Gasteiger partial charge in [-0.1, -0.05) is 24.3 Å². The van der Waals surface area contributed by atoms with Gasteiger partial charge >= 0.3 is 0 Å². The molecule has 1 N–H and O–H groups in total. The summed E-state index contributed by atoms with van der Waals surface area (Å²) < 4.78 is 0. The average molecular weight is 454 g/mol. The maximum atomic E-state index is 10.9. The van der Waals surface area contributed by atoms with E-state index >= 15 is 0 Å². The lowest BCUT2D eigenvalue weighted by molar-refractivity contribution is -0.384. The van der Waals surface area contributed by atoms with Crippen molar-refractivity contribution in [2.75, 3.05) is 0 Å². The molecular formula is C25H22N6O3. The molecule has 0 aliphatic rings. The number of hydrogen-bond acceptors (Lipinski definition) is 8. The minimum absolute atomic E-state index is 0.0130. The van der Waals surface area contributed by atoms with Crippen molar-refractivity contribution in [1.29, 1.82) is 0 Å². The van der Waals surface area contributed by atoms with Gasteiger partial charge in [0.05, 0.1) is 22.0 Å². The number of rotatable bonds is 9. The van der Waals surface area contributed by atoms with E-state index in [1.165, 1.54) is 12.1 Å². The number of nitro groups is 1. The van der Waals surface area contributed by atoms with Gasteiger partial charge in [0.1, 0.15) is 11.9 Å². The van der Waals surface area contributed by atoms with E-state index in [2.05, 4.69) is 25.1 Å². The molecule has 2 heterocycles. The van der Waals surface area contributed by atoms with Crippen LogP contribution in [-0.4, -0.2) is 24.9 Å². The molecule has 0 spiro atoms. The summed E-state index contributed by atoms with van der Waals surface area (Å²) in [6.07, 6.45) is 2.95. The molecule has 4 aromatic rings. The highest BCUT2D eigenvalue weighted by atomic mass is 16.6. The zero-order valence-electron chi connectivity index (χ0n) is 18.2. The second-order valence-electron chi connectivity index (χ2n) is 7.50. The van der Waals surface area contributed by atoms with Crippen molar-refractivity contribution in [2.24, 2.45) is 10.2 Å². The monoisotopic (exact) mass is 454 g/mol. The molecule has 34 heavy (non-hydrogen) atoms. The maximum absolute atomic E-state index is 10.9. The van der Waals surface area contributed by atoms with Gasteiger partial charge in [0.15, 0.2) is 0 Å². The average Bonchev–Trinajstić information content (AvgIpc) is 2.86. The molecule has 0 saturated heterocycles. The summed E-state index contributed by atoms with van der Waals surface area (Å²) in [6.45, 7) is 0.949. The van der Waals surface area contributed by atoms with Crippen molar-refractivity contribution < 1.29 is 10.0 Å². The second-order valence-corrected chi connectivity index (χ2v) is 7.50. The highest BCUT2D eigenvalue weighted by Gasteiger charge is 2.22. The lowest BCUT2D eigenvalue weighted by atomic mass is 10.1. The Hall–Kier alpha value is -4.50. The maximum Gasteiger partial charge on any atom is 0.269 e. The van der Waals surface area contributed by atoms with Crippen LogP contribution < -0.4 is 0 Å². The van der Waals surface area contributed by atoms with E-state index in [1.54, 1.807) is 48.8 Å². The highest BCUT2D eigenvalue weighted by Crippen LogP contribution is 2.29. The van der Waals surface area contributed by atoms with Crippen LogP contribution in [0.15, 0.2) is 108 Å². The van der Waals surface area contributed by atoms with E-state index in [4.69, 9.17) is 0 Å². The van der Waals surface area contributed by atoms with E-state index in [9.17, 15) is 15.2 Å². The largest absolute Gasteiger partial charge is 0.508 e. The Morgan fingerprint density at radius 1 is 0.853 bits per heavy atom. The van der Waals surface area contributed by atoms with Crippen LogP contribution in [0.5, 0.6) is 5.75 Å². The van der Waals surface area contributed by atoms with Crippen molar-refractivity contribution in [3.63, 3.8) is 0 Å². The first-order chi connectivity index (χ1) is 16.6. The molecule has 0 aliphatic carbocycles. The Morgan fingerprint density at radius 3 is 1.94 bits per heavy atom. The molecule has 170 valence electrons. The van der Waals surface area contributed by atoms with E-state index < -0.39 is 11.1 Å². The van der Waals surface area contributed by atoms with Gasteiger partial charge in [0.2, 0.25) is 0 Å². The van der Waals surface area contributed by atoms with Crippen molar-refractivity contribution in [2.45, 2.75) is 19.3 Å². The summed E-state index contributed by atoms with van der Waals surface area (Å²) in [4.78, 5) is 21.5. The number of nitro benzene ring substituents is 1.